The van der Waals surface area contributed by atoms with Crippen LogP contribution in [0.15, 0.2) is 22.1 Å². The lowest BCUT2D eigenvalue weighted by molar-refractivity contribution is 1.11. The molecule has 0 radical (unpaired) electrons. The molecule has 0 atom stereocenters. The average Bonchev–Trinajstić information content (AvgIpc) is 1.69. The van der Waals surface area contributed by atoms with Crippen LogP contribution in [-0.2, 0) is 0 Å². The highest BCUT2D eigenvalue weighted by molar-refractivity contribution is 14.1. The molecule has 0 amide bonds. The van der Waals surface area contributed by atoms with Crippen molar-refractivity contribution in [3.05, 3.63) is 22.1 Å². The fourth-order valence-electron chi connectivity index (χ4n) is 0.437. The van der Waals surface area contributed by atoms with Gasteiger partial charge in [0.2, 0.25) is 0 Å². The summed E-state index contributed by atoms with van der Waals surface area (Å²) in [7, 11) is 0. The van der Waals surface area contributed by atoms with Crippen LogP contribution >= 0.6 is 22.6 Å². The Morgan fingerprint density at radius 1 is 1.71 bits per heavy atom. The summed E-state index contributed by atoms with van der Waals surface area (Å²) >= 11 is 2.30. The highest BCUT2D eigenvalue weighted by Crippen LogP contribution is 2.11. The third-order valence-electron chi connectivity index (χ3n) is 0.767. The predicted octanol–water partition coefficient (Wildman–Crippen LogP) is 1.77. The van der Waals surface area contributed by atoms with Crippen LogP contribution in [0, 0.1) is 0 Å². The van der Waals surface area contributed by atoms with Crippen LogP contribution in [-0.4, -0.2) is 0 Å². The Kier molecular flexibility index (Phi) is 1.73. The molecule has 0 aliphatic carbocycles. The van der Waals surface area contributed by atoms with Gasteiger partial charge < -0.3 is 5.32 Å². The standard InChI is InChI=1S/C5H6IN/c6-5-2-1-3-7-4-5/h1,3-4,7H,2H2. The molecule has 0 spiro atoms. The van der Waals surface area contributed by atoms with E-state index in [1.165, 1.54) is 3.58 Å². The summed E-state index contributed by atoms with van der Waals surface area (Å²) in [4.78, 5) is 0. The first-order chi connectivity index (χ1) is 3.39. The van der Waals surface area contributed by atoms with E-state index in [9.17, 15) is 0 Å². The lowest BCUT2D eigenvalue weighted by Gasteiger charge is -1.99. The van der Waals surface area contributed by atoms with Crippen molar-refractivity contribution < 1.29 is 0 Å². The van der Waals surface area contributed by atoms with Gasteiger partial charge in [-0.1, -0.05) is 6.08 Å². The topological polar surface area (TPSA) is 12.0 Å². The molecule has 1 heterocycles. The van der Waals surface area contributed by atoms with Crippen LogP contribution in [0.3, 0.4) is 0 Å². The molecular formula is C5H6IN. The van der Waals surface area contributed by atoms with Crippen LogP contribution in [0.25, 0.3) is 0 Å². The lowest BCUT2D eigenvalue weighted by atomic mass is 10.4. The first kappa shape index (κ1) is 5.15. The van der Waals surface area contributed by atoms with E-state index in [1.807, 2.05) is 12.4 Å². The third-order valence-corrected chi connectivity index (χ3v) is 1.52. The summed E-state index contributed by atoms with van der Waals surface area (Å²) in [5.74, 6) is 0. The molecule has 0 bridgehead atoms. The molecule has 0 aromatic carbocycles. The molecule has 0 fully saturated rings. The third kappa shape index (κ3) is 1.51. The molecule has 1 N–H and O–H groups in total. The highest BCUT2D eigenvalue weighted by atomic mass is 127. The fraction of sp³-hybridized carbons (Fsp3) is 0.200. The number of allylic oxidation sites excluding steroid dienone is 2. The normalized spacial score (nSPS) is 18.1. The first-order valence-corrected chi connectivity index (χ1v) is 3.23. The maximum atomic E-state index is 2.98. The molecule has 1 nitrogen and oxygen atoms in total. The summed E-state index contributed by atoms with van der Waals surface area (Å²) in [6.45, 7) is 0. The van der Waals surface area contributed by atoms with Gasteiger partial charge in [0.05, 0.1) is 0 Å². The van der Waals surface area contributed by atoms with E-state index in [1.54, 1.807) is 0 Å². The zero-order valence-electron chi connectivity index (χ0n) is 3.82. The molecule has 0 saturated carbocycles. The van der Waals surface area contributed by atoms with Gasteiger partial charge in [0.15, 0.2) is 0 Å². The van der Waals surface area contributed by atoms with Crippen molar-refractivity contribution in [3.8, 4) is 0 Å². The Morgan fingerprint density at radius 3 is 2.86 bits per heavy atom. The molecule has 0 aromatic heterocycles. The van der Waals surface area contributed by atoms with Gasteiger partial charge >= 0.3 is 0 Å². The molecule has 2 heteroatoms. The minimum absolute atomic E-state index is 1.09. The minimum Gasteiger partial charge on any atom is -0.367 e. The fourth-order valence-corrected chi connectivity index (χ4v) is 0.871. The van der Waals surface area contributed by atoms with Crippen molar-refractivity contribution in [2.75, 3.05) is 0 Å². The minimum atomic E-state index is 1.09. The second-order valence-corrected chi connectivity index (χ2v) is 2.75. The molecule has 38 valence electrons. The Balaban J connectivity index is 2.50. The van der Waals surface area contributed by atoms with E-state index < -0.39 is 0 Å². The van der Waals surface area contributed by atoms with Crippen molar-refractivity contribution in [1.29, 1.82) is 0 Å². The average molecular weight is 207 g/mol. The van der Waals surface area contributed by atoms with Crippen molar-refractivity contribution in [3.63, 3.8) is 0 Å². The zero-order valence-corrected chi connectivity index (χ0v) is 5.97. The Bertz CT molecular complexity index is 115. The van der Waals surface area contributed by atoms with Gasteiger partial charge in [-0.15, -0.1) is 0 Å². The molecule has 1 aliphatic rings. The lowest BCUT2D eigenvalue weighted by Crippen LogP contribution is -1.96. The Hall–Kier alpha value is 0.01000. The number of dihydropyridines is 1. The van der Waals surface area contributed by atoms with Crippen molar-refractivity contribution in [2.45, 2.75) is 6.42 Å². The number of hydrogen-bond acceptors (Lipinski definition) is 1. The smallest absolute Gasteiger partial charge is 0.0104 e. The van der Waals surface area contributed by atoms with E-state index in [0.29, 0.717) is 0 Å². The highest BCUT2D eigenvalue weighted by Gasteiger charge is 1.88. The van der Waals surface area contributed by atoms with Gasteiger partial charge in [-0.2, -0.15) is 0 Å². The molecule has 0 saturated heterocycles. The maximum Gasteiger partial charge on any atom is 0.0104 e. The molecule has 1 rings (SSSR count). The van der Waals surface area contributed by atoms with Crippen LogP contribution < -0.4 is 5.32 Å². The summed E-state index contributed by atoms with van der Waals surface area (Å²) < 4.78 is 1.36. The van der Waals surface area contributed by atoms with Crippen LogP contribution in [0.4, 0.5) is 0 Å². The first-order valence-electron chi connectivity index (χ1n) is 2.15. The second kappa shape index (κ2) is 2.35. The second-order valence-electron chi connectivity index (χ2n) is 1.36. The van der Waals surface area contributed by atoms with Crippen LogP contribution in [0.1, 0.15) is 6.42 Å². The van der Waals surface area contributed by atoms with Crippen molar-refractivity contribution in [1.82, 2.24) is 5.32 Å². The predicted molar refractivity (Wildman–Crippen MR) is 39.0 cm³/mol. The van der Waals surface area contributed by atoms with E-state index in [2.05, 4.69) is 34.0 Å². The number of rotatable bonds is 0. The number of nitrogens with one attached hydrogen (secondary N) is 1. The largest absolute Gasteiger partial charge is 0.367 e. The van der Waals surface area contributed by atoms with Crippen LogP contribution in [0.5, 0.6) is 0 Å². The summed E-state index contributed by atoms with van der Waals surface area (Å²) in [6, 6.07) is 0. The van der Waals surface area contributed by atoms with Crippen LogP contribution in [0.2, 0.25) is 0 Å². The van der Waals surface area contributed by atoms with Gasteiger partial charge in [0.1, 0.15) is 0 Å². The SMILES string of the molecule is IC1=CNC=CC1. The number of hydrogen-bond donors (Lipinski definition) is 1. The quantitative estimate of drug-likeness (QED) is 0.597. The maximum absolute atomic E-state index is 2.98. The number of halogens is 1. The van der Waals surface area contributed by atoms with Gasteiger partial charge in [-0.3, -0.25) is 0 Å². The molecule has 7 heavy (non-hydrogen) atoms. The van der Waals surface area contributed by atoms with E-state index in [0.717, 1.165) is 6.42 Å². The van der Waals surface area contributed by atoms with Crippen molar-refractivity contribution >= 4 is 22.6 Å². The summed E-state index contributed by atoms with van der Waals surface area (Å²) in [5, 5.41) is 2.98. The van der Waals surface area contributed by atoms with Gasteiger partial charge in [0.25, 0.3) is 0 Å². The van der Waals surface area contributed by atoms with E-state index in [-0.39, 0.29) is 0 Å². The molecular weight excluding hydrogens is 201 g/mol. The zero-order chi connectivity index (χ0) is 5.11. The molecule has 0 unspecified atom stereocenters. The monoisotopic (exact) mass is 207 g/mol. The summed E-state index contributed by atoms with van der Waals surface area (Å²) in [5.41, 5.74) is 0. The summed E-state index contributed by atoms with van der Waals surface area (Å²) in [6.07, 6.45) is 7.14. The Labute approximate surface area is 56.6 Å². The van der Waals surface area contributed by atoms with Gasteiger partial charge in [0, 0.05) is 9.78 Å². The van der Waals surface area contributed by atoms with Gasteiger partial charge in [-0.05, 0) is 35.2 Å². The van der Waals surface area contributed by atoms with E-state index in [4.69, 9.17) is 0 Å². The van der Waals surface area contributed by atoms with Crippen molar-refractivity contribution in [2.24, 2.45) is 0 Å². The molecule has 1 aliphatic heterocycles. The van der Waals surface area contributed by atoms with E-state index >= 15 is 0 Å². The molecule has 0 aromatic rings. The Morgan fingerprint density at radius 2 is 2.57 bits per heavy atom. The van der Waals surface area contributed by atoms with Gasteiger partial charge in [-0.25, -0.2) is 0 Å².